The predicted octanol–water partition coefficient (Wildman–Crippen LogP) is 3.19. The average molecular weight is 413 g/mol. The number of esters is 3. The maximum absolute atomic E-state index is 11.1. The third-order valence-electron chi connectivity index (χ3n) is 6.78. The van der Waals surface area contributed by atoms with E-state index in [-0.39, 0.29) is 46.4 Å². The van der Waals surface area contributed by atoms with Crippen LogP contribution in [-0.2, 0) is 33.4 Å². The Labute approximate surface area is 173 Å². The molecule has 0 saturated heterocycles. The minimum Gasteiger partial charge on any atom is -0.469 e. The van der Waals surface area contributed by atoms with Crippen molar-refractivity contribution in [1.82, 2.24) is 0 Å². The molecule has 2 saturated carbocycles. The molecule has 0 N–H and O–H groups in total. The lowest BCUT2D eigenvalue weighted by atomic mass is 10.1. The molecule has 4 atom stereocenters. The van der Waals surface area contributed by atoms with Crippen molar-refractivity contribution >= 4 is 23.7 Å². The second-order valence-corrected chi connectivity index (χ2v) is 9.34. The molecule has 7 heteroatoms. The molecule has 0 radical (unpaired) electrons. The number of rotatable bonds is 8. The first-order valence-corrected chi connectivity index (χ1v) is 10.0. The highest BCUT2D eigenvalue weighted by molar-refractivity contribution is 5.77. The summed E-state index contributed by atoms with van der Waals surface area (Å²) in [6.45, 7) is 11.8. The van der Waals surface area contributed by atoms with Crippen molar-refractivity contribution in [3.8, 4) is 0 Å². The standard InChI is InChI=1S/C11H18O4.C11H18O3/c1-7(12)15-6-9-8(11(9,2)3)5-10(13)14-4;1-7(12)5-8-9(11(8,2)3)6-10(13)14-4/h8-9H,5-6H2,1-4H3;8-9H,5-6H2,1-4H3/t8-,9?;8?,9-/m11/s1. The van der Waals surface area contributed by atoms with E-state index in [0.717, 1.165) is 0 Å². The molecular formula is C22H36O7. The van der Waals surface area contributed by atoms with E-state index < -0.39 is 0 Å². The van der Waals surface area contributed by atoms with Crippen LogP contribution in [0.2, 0.25) is 0 Å². The highest BCUT2D eigenvalue weighted by atomic mass is 16.5. The minimum atomic E-state index is -0.269. The molecule has 0 heterocycles. The van der Waals surface area contributed by atoms with E-state index in [1.165, 1.54) is 21.1 Å². The van der Waals surface area contributed by atoms with Gasteiger partial charge in [-0.1, -0.05) is 27.7 Å². The van der Waals surface area contributed by atoms with Gasteiger partial charge in [-0.3, -0.25) is 14.4 Å². The summed E-state index contributed by atoms with van der Waals surface area (Å²) in [7, 11) is 2.79. The molecule has 2 unspecified atom stereocenters. The van der Waals surface area contributed by atoms with Gasteiger partial charge < -0.3 is 19.0 Å². The van der Waals surface area contributed by atoms with Crippen molar-refractivity contribution in [1.29, 1.82) is 0 Å². The Morgan fingerprint density at radius 1 is 0.690 bits per heavy atom. The van der Waals surface area contributed by atoms with Crippen molar-refractivity contribution in [3.05, 3.63) is 0 Å². The molecule has 2 aliphatic carbocycles. The molecule has 0 amide bonds. The molecule has 0 aromatic heterocycles. The van der Waals surface area contributed by atoms with Crippen LogP contribution in [0.1, 0.15) is 60.8 Å². The van der Waals surface area contributed by atoms with E-state index in [1.807, 2.05) is 0 Å². The molecule has 2 rings (SSSR count). The third-order valence-corrected chi connectivity index (χ3v) is 6.78. The molecule has 7 nitrogen and oxygen atoms in total. The van der Waals surface area contributed by atoms with Crippen LogP contribution in [0.4, 0.5) is 0 Å². The molecule has 0 bridgehead atoms. The lowest BCUT2D eigenvalue weighted by Crippen LogP contribution is -2.06. The molecule has 29 heavy (non-hydrogen) atoms. The monoisotopic (exact) mass is 412 g/mol. The summed E-state index contributed by atoms with van der Waals surface area (Å²) in [6.07, 6.45) is 1.45. The number of carbonyl (C=O) groups is 4. The van der Waals surface area contributed by atoms with Crippen molar-refractivity contribution in [3.63, 3.8) is 0 Å². The Morgan fingerprint density at radius 3 is 1.45 bits per heavy atom. The summed E-state index contributed by atoms with van der Waals surface area (Å²) in [5.74, 6) is 0.792. The lowest BCUT2D eigenvalue weighted by Gasteiger charge is -2.02. The number of ether oxygens (including phenoxy) is 3. The van der Waals surface area contributed by atoms with Gasteiger partial charge in [-0.25, -0.2) is 0 Å². The van der Waals surface area contributed by atoms with Gasteiger partial charge in [0.25, 0.3) is 0 Å². The Morgan fingerprint density at radius 2 is 1.07 bits per heavy atom. The number of methoxy groups -OCH3 is 2. The van der Waals surface area contributed by atoms with Gasteiger partial charge in [0.05, 0.1) is 20.8 Å². The zero-order valence-corrected chi connectivity index (χ0v) is 19.0. The zero-order valence-electron chi connectivity index (χ0n) is 19.0. The largest absolute Gasteiger partial charge is 0.469 e. The topological polar surface area (TPSA) is 96.0 Å². The fourth-order valence-electron chi connectivity index (χ4n) is 4.30. The number of hydrogen-bond donors (Lipinski definition) is 0. The van der Waals surface area contributed by atoms with Crippen molar-refractivity contribution < 1.29 is 33.4 Å². The van der Waals surface area contributed by atoms with Crippen molar-refractivity contribution in [2.45, 2.75) is 60.8 Å². The normalized spacial score (nSPS) is 27.6. The molecular weight excluding hydrogens is 376 g/mol. The highest BCUT2D eigenvalue weighted by Crippen LogP contribution is 2.61. The van der Waals surface area contributed by atoms with Gasteiger partial charge in [0.2, 0.25) is 0 Å². The highest BCUT2D eigenvalue weighted by Gasteiger charge is 2.59. The lowest BCUT2D eigenvalue weighted by molar-refractivity contribution is -0.142. The molecule has 0 spiro atoms. The Hall–Kier alpha value is -1.92. The number of hydrogen-bond acceptors (Lipinski definition) is 7. The van der Waals surface area contributed by atoms with Gasteiger partial charge in [-0.05, 0) is 35.5 Å². The van der Waals surface area contributed by atoms with Crippen LogP contribution in [0.25, 0.3) is 0 Å². The second-order valence-electron chi connectivity index (χ2n) is 9.34. The van der Waals surface area contributed by atoms with E-state index >= 15 is 0 Å². The van der Waals surface area contributed by atoms with Crippen molar-refractivity contribution in [2.75, 3.05) is 20.8 Å². The summed E-state index contributed by atoms with van der Waals surface area (Å²) < 4.78 is 14.2. The van der Waals surface area contributed by atoms with Crippen LogP contribution in [-0.4, -0.2) is 44.5 Å². The van der Waals surface area contributed by atoms with Gasteiger partial charge in [-0.15, -0.1) is 0 Å². The maximum Gasteiger partial charge on any atom is 0.305 e. The van der Waals surface area contributed by atoms with Gasteiger partial charge in [0, 0.05) is 32.1 Å². The first kappa shape index (κ1) is 25.1. The summed E-state index contributed by atoms with van der Waals surface area (Å²) in [6, 6.07) is 0. The van der Waals surface area contributed by atoms with Crippen LogP contribution in [0.5, 0.6) is 0 Å². The molecule has 166 valence electrons. The van der Waals surface area contributed by atoms with E-state index in [1.54, 1.807) is 6.92 Å². The second kappa shape index (κ2) is 9.72. The van der Waals surface area contributed by atoms with Crippen LogP contribution in [0.3, 0.4) is 0 Å². The summed E-state index contributed by atoms with van der Waals surface area (Å²) >= 11 is 0. The minimum absolute atomic E-state index is 0.0731. The molecule has 2 aliphatic rings. The van der Waals surface area contributed by atoms with E-state index in [2.05, 4.69) is 37.2 Å². The number of carbonyl (C=O) groups excluding carboxylic acids is 4. The molecule has 0 aromatic carbocycles. The van der Waals surface area contributed by atoms with Gasteiger partial charge in [-0.2, -0.15) is 0 Å². The first-order valence-electron chi connectivity index (χ1n) is 10.0. The van der Waals surface area contributed by atoms with Crippen LogP contribution in [0.15, 0.2) is 0 Å². The average Bonchev–Trinajstić information content (AvgIpc) is 3.34. The summed E-state index contributed by atoms with van der Waals surface area (Å²) in [5, 5.41) is 0. The number of ketones is 1. The first-order chi connectivity index (χ1) is 13.3. The summed E-state index contributed by atoms with van der Waals surface area (Å²) in [5.41, 5.74) is 0.198. The van der Waals surface area contributed by atoms with Crippen molar-refractivity contribution in [2.24, 2.45) is 34.5 Å². The van der Waals surface area contributed by atoms with Crippen LogP contribution < -0.4 is 0 Å². The molecule has 2 fully saturated rings. The number of Topliss-reactive ketones (excluding diaryl/α,β-unsaturated/α-hetero) is 1. The molecule has 0 aliphatic heterocycles. The van der Waals surface area contributed by atoms with Crippen LogP contribution in [0, 0.1) is 34.5 Å². The Kier molecular flexibility index (Phi) is 8.42. The third kappa shape index (κ3) is 6.82. The quantitative estimate of drug-likeness (QED) is 0.446. The fourth-order valence-corrected chi connectivity index (χ4v) is 4.30. The van der Waals surface area contributed by atoms with E-state index in [0.29, 0.717) is 37.7 Å². The smallest absolute Gasteiger partial charge is 0.305 e. The van der Waals surface area contributed by atoms with Crippen LogP contribution >= 0.6 is 0 Å². The molecule has 0 aromatic rings. The maximum atomic E-state index is 11.1. The van der Waals surface area contributed by atoms with Gasteiger partial charge in [0.15, 0.2) is 0 Å². The van der Waals surface area contributed by atoms with Gasteiger partial charge in [0.1, 0.15) is 5.78 Å². The Balaban J connectivity index is 0.000000291. The zero-order chi connectivity index (χ0) is 22.6. The Bertz CT molecular complexity index is 635. The van der Waals surface area contributed by atoms with E-state index in [4.69, 9.17) is 4.74 Å². The predicted molar refractivity (Wildman–Crippen MR) is 107 cm³/mol. The fraction of sp³-hybridized carbons (Fsp3) is 0.818. The van der Waals surface area contributed by atoms with Gasteiger partial charge >= 0.3 is 17.9 Å². The summed E-state index contributed by atoms with van der Waals surface area (Å²) in [4.78, 5) is 43.8. The van der Waals surface area contributed by atoms with E-state index in [9.17, 15) is 19.2 Å². The SMILES string of the molecule is COC(=O)C[C@@H]1C(CC(C)=O)C1(C)C.COC(=O)C[C@@H]1C(COC(C)=O)C1(C)C.